The Labute approximate surface area is 176 Å². The van der Waals surface area contributed by atoms with Crippen molar-refractivity contribution in [1.29, 1.82) is 0 Å². The van der Waals surface area contributed by atoms with E-state index >= 15 is 0 Å². The van der Waals surface area contributed by atoms with Crippen LogP contribution in [-0.4, -0.2) is 59.0 Å². The van der Waals surface area contributed by atoms with Gasteiger partial charge in [0.2, 0.25) is 11.2 Å². The fraction of sp³-hybridized carbons (Fsp3) is 0.455. The van der Waals surface area contributed by atoms with Crippen molar-refractivity contribution in [3.8, 4) is 5.75 Å². The predicted molar refractivity (Wildman–Crippen MR) is 111 cm³/mol. The van der Waals surface area contributed by atoms with Gasteiger partial charge in [-0.3, -0.25) is 9.59 Å². The minimum absolute atomic E-state index is 0.0489. The Morgan fingerprint density at radius 3 is 2.47 bits per heavy atom. The monoisotopic (exact) mass is 417 g/mol. The molecule has 3 N–H and O–H groups in total. The number of carbonyl (C=O) groups is 1. The highest BCUT2D eigenvalue weighted by molar-refractivity contribution is 5.77. The van der Waals surface area contributed by atoms with E-state index in [0.717, 1.165) is 32.7 Å². The topological polar surface area (TPSA) is 86.7 Å². The summed E-state index contributed by atoms with van der Waals surface area (Å²) < 4.78 is 15.7. The van der Waals surface area contributed by atoms with Gasteiger partial charge in [0.1, 0.15) is 45.5 Å². The van der Waals surface area contributed by atoms with Gasteiger partial charge in [-0.15, -0.1) is 0 Å². The average Bonchev–Trinajstić information content (AvgIpc) is 2.75. The maximum Gasteiger partial charge on any atom is 0.258 e. The Morgan fingerprint density at radius 2 is 1.80 bits per heavy atom. The van der Waals surface area contributed by atoms with Crippen molar-refractivity contribution in [3.63, 3.8) is 0 Å². The molecule has 30 heavy (non-hydrogen) atoms. The Hall–Kier alpha value is -2.68. The van der Waals surface area contributed by atoms with Crippen molar-refractivity contribution in [3.05, 3.63) is 64.2 Å². The molecule has 2 aromatic rings. The molecule has 162 valence electrons. The lowest BCUT2D eigenvalue weighted by Crippen LogP contribution is -3.27. The second-order valence-corrected chi connectivity index (χ2v) is 7.55. The smallest absolute Gasteiger partial charge is 0.258 e. The van der Waals surface area contributed by atoms with Crippen molar-refractivity contribution in [2.24, 2.45) is 0 Å². The summed E-state index contributed by atoms with van der Waals surface area (Å²) in [5.41, 5.74) is 1.10. The van der Waals surface area contributed by atoms with E-state index < -0.39 is 0 Å². The molecular weight excluding hydrogens is 386 g/mol. The van der Waals surface area contributed by atoms with Crippen LogP contribution in [0, 0.1) is 0 Å². The van der Waals surface area contributed by atoms with Crippen molar-refractivity contribution < 1.29 is 28.5 Å². The van der Waals surface area contributed by atoms with Gasteiger partial charge >= 0.3 is 0 Å². The third-order valence-electron chi connectivity index (χ3n) is 5.22. The zero-order valence-electron chi connectivity index (χ0n) is 17.4. The number of rotatable bonds is 10. The molecule has 8 heteroatoms. The number of carbonyl (C=O) groups excluding carboxylic acids is 1. The van der Waals surface area contributed by atoms with E-state index in [1.807, 2.05) is 6.07 Å². The SMILES string of the molecule is COCCNC(=O)COc1coc(C[NH+]2CC[NH+](Cc3ccccc3)CC2)cc1=O. The summed E-state index contributed by atoms with van der Waals surface area (Å²) >= 11 is 0. The second-order valence-electron chi connectivity index (χ2n) is 7.55. The molecule has 1 aliphatic heterocycles. The summed E-state index contributed by atoms with van der Waals surface area (Å²) in [5, 5.41) is 2.63. The molecular formula is C22H31N3O5+2. The van der Waals surface area contributed by atoms with Crippen molar-refractivity contribution >= 4 is 5.91 Å². The molecule has 0 atom stereocenters. The molecule has 0 aliphatic carbocycles. The summed E-state index contributed by atoms with van der Waals surface area (Å²) in [6, 6.07) is 12.0. The Bertz CT molecular complexity index is 847. The molecule has 1 fully saturated rings. The van der Waals surface area contributed by atoms with Crippen LogP contribution in [0.4, 0.5) is 0 Å². The third-order valence-corrected chi connectivity index (χ3v) is 5.22. The van der Waals surface area contributed by atoms with E-state index in [0.29, 0.717) is 25.5 Å². The highest BCUT2D eigenvalue weighted by Gasteiger charge is 2.24. The van der Waals surface area contributed by atoms with Gasteiger partial charge in [0.25, 0.3) is 5.91 Å². The van der Waals surface area contributed by atoms with Crippen molar-refractivity contribution in [2.45, 2.75) is 13.1 Å². The molecule has 1 amide bonds. The standard InChI is InChI=1S/C22H29N3O5/c1-28-12-7-23-22(27)17-30-21-16-29-19(13-20(21)26)15-25-10-8-24(9-11-25)14-18-5-3-2-4-6-18/h2-6,13,16H,7-12,14-15,17H2,1H3,(H,23,27)/p+2. The lowest BCUT2D eigenvalue weighted by atomic mass is 10.2. The van der Waals surface area contributed by atoms with Gasteiger partial charge in [-0.1, -0.05) is 30.3 Å². The second kappa shape index (κ2) is 11.5. The Balaban J connectivity index is 1.42. The van der Waals surface area contributed by atoms with Crippen LogP contribution in [0.25, 0.3) is 0 Å². The van der Waals surface area contributed by atoms with E-state index in [1.165, 1.54) is 22.8 Å². The van der Waals surface area contributed by atoms with E-state index in [9.17, 15) is 9.59 Å². The van der Waals surface area contributed by atoms with Crippen molar-refractivity contribution in [1.82, 2.24) is 5.32 Å². The van der Waals surface area contributed by atoms with E-state index in [1.54, 1.807) is 12.0 Å². The van der Waals surface area contributed by atoms with Gasteiger partial charge in [-0.05, 0) is 0 Å². The van der Waals surface area contributed by atoms with Gasteiger partial charge in [-0.25, -0.2) is 0 Å². The van der Waals surface area contributed by atoms with E-state index in [-0.39, 0.29) is 23.7 Å². The highest BCUT2D eigenvalue weighted by Crippen LogP contribution is 2.05. The van der Waals surface area contributed by atoms with Crippen LogP contribution in [0.15, 0.2) is 51.9 Å². The number of amides is 1. The van der Waals surface area contributed by atoms with Crippen LogP contribution < -0.4 is 25.3 Å². The van der Waals surface area contributed by atoms with Crippen LogP contribution in [0.1, 0.15) is 11.3 Å². The van der Waals surface area contributed by atoms with E-state index in [4.69, 9.17) is 13.9 Å². The number of hydrogen-bond acceptors (Lipinski definition) is 5. The van der Waals surface area contributed by atoms with Crippen molar-refractivity contribution in [2.75, 3.05) is 53.0 Å². The number of piperazine rings is 1. The number of nitrogens with one attached hydrogen (secondary N) is 3. The summed E-state index contributed by atoms with van der Waals surface area (Å²) in [7, 11) is 1.56. The molecule has 0 bridgehead atoms. The molecule has 0 radical (unpaired) electrons. The molecule has 1 aromatic carbocycles. The lowest BCUT2D eigenvalue weighted by Gasteiger charge is -2.29. The molecule has 1 saturated heterocycles. The lowest BCUT2D eigenvalue weighted by molar-refractivity contribution is -1.02. The van der Waals surface area contributed by atoms with Crippen LogP contribution >= 0.6 is 0 Å². The summed E-state index contributed by atoms with van der Waals surface area (Å²) in [4.78, 5) is 26.9. The van der Waals surface area contributed by atoms with Gasteiger partial charge in [0.05, 0.1) is 6.61 Å². The quantitative estimate of drug-likeness (QED) is 0.400. The summed E-state index contributed by atoms with van der Waals surface area (Å²) in [5.74, 6) is 0.377. The first-order valence-corrected chi connectivity index (χ1v) is 10.4. The number of benzene rings is 1. The van der Waals surface area contributed by atoms with Crippen LogP contribution in [0.2, 0.25) is 0 Å². The molecule has 1 aromatic heterocycles. The maximum atomic E-state index is 12.3. The predicted octanol–water partition coefficient (Wildman–Crippen LogP) is -1.74. The van der Waals surface area contributed by atoms with Gasteiger partial charge in [-0.2, -0.15) is 0 Å². The zero-order valence-corrected chi connectivity index (χ0v) is 17.4. The minimum Gasteiger partial charge on any atom is -0.477 e. The fourth-order valence-corrected chi connectivity index (χ4v) is 3.56. The first-order chi connectivity index (χ1) is 14.6. The van der Waals surface area contributed by atoms with Gasteiger partial charge < -0.3 is 29.0 Å². The molecule has 2 heterocycles. The molecule has 8 nitrogen and oxygen atoms in total. The maximum absolute atomic E-state index is 12.3. The largest absolute Gasteiger partial charge is 0.477 e. The highest BCUT2D eigenvalue weighted by atomic mass is 16.5. The Kier molecular flexibility index (Phi) is 8.43. The van der Waals surface area contributed by atoms with Gasteiger partial charge in [0, 0.05) is 25.3 Å². The zero-order chi connectivity index (χ0) is 21.2. The molecule has 3 rings (SSSR count). The van der Waals surface area contributed by atoms with Crippen LogP contribution in [0.3, 0.4) is 0 Å². The Morgan fingerprint density at radius 1 is 1.10 bits per heavy atom. The third kappa shape index (κ3) is 6.98. The molecule has 0 spiro atoms. The summed E-state index contributed by atoms with van der Waals surface area (Å²) in [6.45, 7) is 6.56. The number of hydrogen-bond donors (Lipinski definition) is 3. The minimum atomic E-state index is -0.309. The number of quaternary nitrogens is 2. The van der Waals surface area contributed by atoms with Gasteiger partial charge in [0.15, 0.2) is 12.4 Å². The van der Waals surface area contributed by atoms with E-state index in [2.05, 4.69) is 29.6 Å². The summed E-state index contributed by atoms with van der Waals surface area (Å²) in [6.07, 6.45) is 1.30. The first kappa shape index (κ1) is 22.0. The molecule has 1 aliphatic rings. The molecule has 0 saturated carbocycles. The first-order valence-electron chi connectivity index (χ1n) is 10.4. The van der Waals surface area contributed by atoms with Crippen LogP contribution in [0.5, 0.6) is 5.75 Å². The average molecular weight is 418 g/mol. The number of methoxy groups -OCH3 is 1. The fourth-order valence-electron chi connectivity index (χ4n) is 3.56. The molecule has 0 unspecified atom stereocenters. The number of ether oxygens (including phenoxy) is 2. The van der Waals surface area contributed by atoms with Crippen LogP contribution in [-0.2, 0) is 22.6 Å². The normalized spacial score (nSPS) is 18.7.